The first-order chi connectivity index (χ1) is 20.3. The molecule has 1 fully saturated rings. The van der Waals surface area contributed by atoms with Crippen LogP contribution in [0.2, 0.25) is 0 Å². The highest BCUT2D eigenvalue weighted by Crippen LogP contribution is 2.31. The van der Waals surface area contributed by atoms with E-state index in [0.717, 1.165) is 5.56 Å². The Morgan fingerprint density at radius 3 is 2.37 bits per heavy atom. The summed E-state index contributed by atoms with van der Waals surface area (Å²) >= 11 is 0. The maximum absolute atomic E-state index is 13.7. The molecule has 4 amide bonds. The summed E-state index contributed by atoms with van der Waals surface area (Å²) in [5, 5.41) is 18.8. The van der Waals surface area contributed by atoms with Crippen molar-refractivity contribution >= 4 is 23.6 Å². The average molecular weight is 598 g/mol. The number of halogens is 1. The van der Waals surface area contributed by atoms with E-state index < -0.39 is 41.7 Å². The third-order valence-corrected chi connectivity index (χ3v) is 7.62. The number of aromatic hydroxyl groups is 1. The van der Waals surface area contributed by atoms with Crippen molar-refractivity contribution in [2.24, 2.45) is 5.73 Å². The second-order valence-corrected chi connectivity index (χ2v) is 12.2. The largest absolute Gasteiger partial charge is 0.508 e. The Hall–Kier alpha value is -3.99. The molecule has 1 saturated heterocycles. The van der Waals surface area contributed by atoms with Crippen LogP contribution in [-0.2, 0) is 37.4 Å². The predicted octanol–water partition coefficient (Wildman–Crippen LogP) is 2.06. The quantitative estimate of drug-likeness (QED) is 0.344. The minimum Gasteiger partial charge on any atom is -0.508 e. The monoisotopic (exact) mass is 597 g/mol. The van der Waals surface area contributed by atoms with Crippen LogP contribution in [0.1, 0.15) is 63.1 Å². The van der Waals surface area contributed by atoms with Gasteiger partial charge in [0.2, 0.25) is 23.6 Å². The van der Waals surface area contributed by atoms with Gasteiger partial charge in [-0.15, -0.1) is 0 Å². The van der Waals surface area contributed by atoms with Gasteiger partial charge in [-0.05, 0) is 66.0 Å². The van der Waals surface area contributed by atoms with Gasteiger partial charge in [0.25, 0.3) is 0 Å². The number of hydrogen-bond donors (Lipinski definition) is 5. The van der Waals surface area contributed by atoms with Crippen molar-refractivity contribution in [3.05, 3.63) is 65.0 Å². The van der Waals surface area contributed by atoms with Crippen molar-refractivity contribution in [2.45, 2.75) is 82.8 Å². The fourth-order valence-corrected chi connectivity index (χ4v) is 5.10. The molecule has 1 heterocycles. The van der Waals surface area contributed by atoms with Crippen molar-refractivity contribution in [1.29, 1.82) is 0 Å². The van der Waals surface area contributed by atoms with Crippen molar-refractivity contribution in [3.8, 4) is 5.75 Å². The molecule has 234 valence electrons. The lowest BCUT2D eigenvalue weighted by Crippen LogP contribution is -2.57. The highest BCUT2D eigenvalue weighted by molar-refractivity contribution is 5.93. The summed E-state index contributed by atoms with van der Waals surface area (Å²) in [6.45, 7) is 6.39. The summed E-state index contributed by atoms with van der Waals surface area (Å²) in [4.78, 5) is 53.9. The van der Waals surface area contributed by atoms with Crippen molar-refractivity contribution in [1.82, 2.24) is 20.9 Å². The molecule has 0 aliphatic carbocycles. The van der Waals surface area contributed by atoms with Crippen LogP contribution in [0.25, 0.3) is 0 Å². The van der Waals surface area contributed by atoms with Crippen LogP contribution in [0, 0.1) is 5.82 Å². The van der Waals surface area contributed by atoms with Crippen molar-refractivity contribution < 1.29 is 28.7 Å². The fourth-order valence-electron chi connectivity index (χ4n) is 5.10. The van der Waals surface area contributed by atoms with Crippen LogP contribution in [0.5, 0.6) is 5.75 Å². The number of hydrogen-bond acceptors (Lipinski definition) is 6. The Morgan fingerprint density at radius 2 is 1.70 bits per heavy atom. The van der Waals surface area contributed by atoms with Crippen LogP contribution in [0.3, 0.4) is 0 Å². The molecule has 3 unspecified atom stereocenters. The summed E-state index contributed by atoms with van der Waals surface area (Å²) in [6.07, 6.45) is 1.80. The molecule has 2 aromatic carbocycles. The van der Waals surface area contributed by atoms with Crippen LogP contribution in [0.4, 0.5) is 4.39 Å². The molecule has 6 N–H and O–H groups in total. The smallest absolute Gasteiger partial charge is 0.243 e. The highest BCUT2D eigenvalue weighted by Gasteiger charge is 2.33. The third kappa shape index (κ3) is 9.77. The summed E-state index contributed by atoms with van der Waals surface area (Å²) in [7, 11) is 1.51. The minimum atomic E-state index is -1.00. The number of rotatable bonds is 6. The first-order valence-corrected chi connectivity index (χ1v) is 14.7. The van der Waals surface area contributed by atoms with Gasteiger partial charge in [-0.1, -0.05) is 45.0 Å². The van der Waals surface area contributed by atoms with Crippen LogP contribution in [-0.4, -0.2) is 71.9 Å². The molecule has 0 bridgehead atoms. The standard InChI is InChI=1S/C32H44FN5O5/c1-32(2,3)23-17-21(10-13-27(23)39)19-25-29(41)36-16-14-28(40)35-15-6-5-7-26(30(42)37-25)38(4)31(43)24(34)18-20-8-11-22(33)12-9-20/h8-13,17,24-26,39H,5-7,14-16,18-19,34H2,1-4H3,(H,35,40)(H,36,41)(H,37,42). The van der Waals surface area contributed by atoms with Gasteiger partial charge in [0.05, 0.1) is 6.04 Å². The lowest BCUT2D eigenvalue weighted by molar-refractivity contribution is -0.141. The molecule has 0 saturated carbocycles. The fraction of sp³-hybridized carbons (Fsp3) is 0.500. The normalized spacial score (nSPS) is 19.8. The van der Waals surface area contributed by atoms with E-state index in [2.05, 4.69) is 16.0 Å². The lowest BCUT2D eigenvalue weighted by Gasteiger charge is -2.31. The molecule has 10 nitrogen and oxygen atoms in total. The number of phenols is 1. The van der Waals surface area contributed by atoms with E-state index in [-0.39, 0.29) is 49.3 Å². The van der Waals surface area contributed by atoms with E-state index in [1.54, 1.807) is 24.3 Å². The van der Waals surface area contributed by atoms with E-state index in [1.807, 2.05) is 26.8 Å². The molecule has 0 radical (unpaired) electrons. The van der Waals surface area contributed by atoms with Crippen LogP contribution in [0.15, 0.2) is 42.5 Å². The molecule has 43 heavy (non-hydrogen) atoms. The molecular weight excluding hydrogens is 553 g/mol. The van der Waals surface area contributed by atoms with Gasteiger partial charge in [0, 0.05) is 33.0 Å². The second kappa shape index (κ2) is 15.0. The zero-order valence-electron chi connectivity index (χ0n) is 25.4. The van der Waals surface area contributed by atoms with E-state index >= 15 is 0 Å². The number of nitrogens with one attached hydrogen (secondary N) is 3. The van der Waals surface area contributed by atoms with E-state index in [1.165, 1.54) is 24.1 Å². The summed E-state index contributed by atoms with van der Waals surface area (Å²) in [6, 6.07) is 7.89. The third-order valence-electron chi connectivity index (χ3n) is 7.62. The van der Waals surface area contributed by atoms with Crippen molar-refractivity contribution in [2.75, 3.05) is 20.1 Å². The van der Waals surface area contributed by atoms with Crippen LogP contribution >= 0.6 is 0 Å². The van der Waals surface area contributed by atoms with Gasteiger partial charge in [-0.25, -0.2) is 4.39 Å². The Bertz CT molecular complexity index is 1290. The maximum atomic E-state index is 13.7. The number of nitrogens with two attached hydrogens (primary N) is 1. The van der Waals surface area contributed by atoms with E-state index in [4.69, 9.17) is 5.73 Å². The molecule has 3 rings (SSSR count). The molecule has 1 aliphatic rings. The molecule has 0 spiro atoms. The first-order valence-electron chi connectivity index (χ1n) is 14.7. The first kappa shape index (κ1) is 33.5. The number of nitrogens with zero attached hydrogens (tertiary/aromatic N) is 1. The highest BCUT2D eigenvalue weighted by atomic mass is 19.1. The lowest BCUT2D eigenvalue weighted by atomic mass is 9.84. The molecule has 3 atom stereocenters. The zero-order valence-corrected chi connectivity index (χ0v) is 25.4. The number of phenolic OH excluding ortho intramolecular Hbond substituents is 1. The molecule has 2 aromatic rings. The van der Waals surface area contributed by atoms with Gasteiger partial charge in [-0.3, -0.25) is 19.2 Å². The summed E-state index contributed by atoms with van der Waals surface area (Å²) in [5.41, 5.74) is 7.98. The molecule has 0 aromatic heterocycles. The molecule has 1 aliphatic heterocycles. The Kier molecular flexibility index (Phi) is 11.7. The Balaban J connectivity index is 1.85. The van der Waals surface area contributed by atoms with Gasteiger partial charge in [-0.2, -0.15) is 0 Å². The number of likely N-dealkylation sites (N-methyl/N-ethyl adjacent to an activating group) is 1. The number of amides is 4. The molecule has 11 heteroatoms. The number of carbonyl (C=O) groups is 4. The molecular formula is C32H44FN5O5. The zero-order chi connectivity index (χ0) is 31.7. The number of carbonyl (C=O) groups excluding carboxylic acids is 4. The van der Waals surface area contributed by atoms with E-state index in [0.29, 0.717) is 30.5 Å². The predicted molar refractivity (Wildman–Crippen MR) is 162 cm³/mol. The Morgan fingerprint density at radius 1 is 1.02 bits per heavy atom. The second-order valence-electron chi connectivity index (χ2n) is 12.2. The average Bonchev–Trinajstić information content (AvgIpc) is 2.94. The topological polar surface area (TPSA) is 154 Å². The maximum Gasteiger partial charge on any atom is 0.243 e. The van der Waals surface area contributed by atoms with E-state index in [9.17, 15) is 28.7 Å². The summed E-state index contributed by atoms with van der Waals surface area (Å²) in [5.74, 6) is -1.88. The van der Waals surface area contributed by atoms with Gasteiger partial charge in [0.1, 0.15) is 23.7 Å². The number of benzene rings is 2. The summed E-state index contributed by atoms with van der Waals surface area (Å²) < 4.78 is 13.3. The van der Waals surface area contributed by atoms with Gasteiger partial charge >= 0.3 is 0 Å². The van der Waals surface area contributed by atoms with Crippen molar-refractivity contribution in [3.63, 3.8) is 0 Å². The SMILES string of the molecule is CN(C(=O)C(N)Cc1ccc(F)cc1)C1CCCCNC(=O)CCNC(=O)C(Cc2ccc(O)c(C(C)(C)C)c2)NC1=O. The van der Waals surface area contributed by atoms with Crippen LogP contribution < -0.4 is 21.7 Å². The van der Waals surface area contributed by atoms with Gasteiger partial charge in [0.15, 0.2) is 0 Å². The Labute approximate surface area is 252 Å². The van der Waals surface area contributed by atoms with Gasteiger partial charge < -0.3 is 31.7 Å². The minimum absolute atomic E-state index is 0.0971.